The quantitative estimate of drug-likeness (QED) is 0.559. The number of hydrogen-bond donors (Lipinski definition) is 0. The van der Waals surface area contributed by atoms with E-state index in [2.05, 4.69) is 0 Å². The van der Waals surface area contributed by atoms with E-state index >= 15 is 0 Å². The molecule has 2 aliphatic rings. The Labute approximate surface area is 199 Å². The highest BCUT2D eigenvalue weighted by Crippen LogP contribution is 2.45. The van der Waals surface area contributed by atoms with Crippen molar-refractivity contribution in [3.05, 3.63) is 35.4 Å². The smallest absolute Gasteiger partial charge is 0.203 e. The average molecular weight is 481 g/mol. The van der Waals surface area contributed by atoms with E-state index in [4.69, 9.17) is 47.4 Å². The van der Waals surface area contributed by atoms with Crippen LogP contribution in [0.3, 0.4) is 0 Å². The number of hydrogen-bond acceptors (Lipinski definition) is 10. The fraction of sp³-hybridized carbons (Fsp3) is 0.500. The highest BCUT2D eigenvalue weighted by atomic mass is 16.7. The second-order valence-corrected chi connectivity index (χ2v) is 7.14. The van der Waals surface area contributed by atoms with E-state index in [-0.39, 0.29) is 6.10 Å². The zero-order valence-electron chi connectivity index (χ0n) is 20.4. The third kappa shape index (κ3) is 5.76. The minimum absolute atomic E-state index is 0.312. The van der Waals surface area contributed by atoms with Crippen LogP contribution in [-0.2, 0) is 18.9 Å². The van der Waals surface area contributed by atoms with Gasteiger partial charge in [-0.25, -0.2) is 0 Å². The fourth-order valence-electron chi connectivity index (χ4n) is 3.57. The summed E-state index contributed by atoms with van der Waals surface area (Å²) in [6.07, 6.45) is -0.902. The summed E-state index contributed by atoms with van der Waals surface area (Å²) in [6.45, 7) is 2.42. The molecule has 4 rings (SSSR count). The third-order valence-corrected chi connectivity index (χ3v) is 5.24. The molecule has 188 valence electrons. The van der Waals surface area contributed by atoms with Gasteiger partial charge in [-0.15, -0.1) is 0 Å². The summed E-state index contributed by atoms with van der Waals surface area (Å²) in [5.41, 5.74) is 1.61. The summed E-state index contributed by atoms with van der Waals surface area (Å²) in [7, 11) is 9.41. The van der Waals surface area contributed by atoms with Crippen LogP contribution >= 0.6 is 0 Å². The average Bonchev–Trinajstić information content (AvgIpc) is 3.62. The molecule has 0 amide bonds. The first kappa shape index (κ1) is 25.7. The van der Waals surface area contributed by atoms with E-state index < -0.39 is 6.29 Å². The van der Waals surface area contributed by atoms with Crippen molar-refractivity contribution in [2.45, 2.75) is 12.4 Å². The Balaban J connectivity index is 0.000000574. The molecule has 0 aromatic heterocycles. The zero-order chi connectivity index (χ0) is 24.5. The molecular weight excluding hydrogens is 448 g/mol. The minimum atomic E-state index is -0.590. The van der Waals surface area contributed by atoms with Crippen molar-refractivity contribution in [1.29, 1.82) is 0 Å². The molecule has 2 aromatic rings. The number of ether oxygens (including phenoxy) is 10. The summed E-state index contributed by atoms with van der Waals surface area (Å²) in [5, 5.41) is 0. The van der Waals surface area contributed by atoms with Crippen LogP contribution in [-0.4, -0.2) is 69.3 Å². The van der Waals surface area contributed by atoms with E-state index in [0.29, 0.717) is 47.9 Å². The molecule has 2 aromatic carbocycles. The molecule has 2 aliphatic heterocycles. The predicted molar refractivity (Wildman–Crippen MR) is 121 cm³/mol. The highest BCUT2D eigenvalue weighted by molar-refractivity contribution is 5.55. The van der Waals surface area contributed by atoms with Crippen molar-refractivity contribution >= 4 is 0 Å². The van der Waals surface area contributed by atoms with Gasteiger partial charge in [0, 0.05) is 5.56 Å². The maximum absolute atomic E-state index is 6.15. The highest BCUT2D eigenvalue weighted by Gasteiger charge is 2.31. The summed E-state index contributed by atoms with van der Waals surface area (Å²) in [6, 6.07) is 7.33. The van der Waals surface area contributed by atoms with E-state index in [9.17, 15) is 0 Å². The lowest BCUT2D eigenvalue weighted by molar-refractivity contribution is -0.0610. The van der Waals surface area contributed by atoms with Crippen molar-refractivity contribution < 1.29 is 47.4 Å². The van der Waals surface area contributed by atoms with Gasteiger partial charge in [-0.1, -0.05) is 0 Å². The summed E-state index contributed by atoms with van der Waals surface area (Å²) in [5.74, 6) is 3.22. The molecule has 0 unspecified atom stereocenters. The van der Waals surface area contributed by atoms with Gasteiger partial charge in [-0.3, -0.25) is 0 Å². The van der Waals surface area contributed by atoms with E-state index in [0.717, 1.165) is 24.3 Å². The molecule has 2 atom stereocenters. The molecule has 0 radical (unpaired) electrons. The fourth-order valence-corrected chi connectivity index (χ4v) is 3.57. The van der Waals surface area contributed by atoms with Gasteiger partial charge in [0.05, 0.1) is 62.5 Å². The van der Waals surface area contributed by atoms with Gasteiger partial charge < -0.3 is 47.4 Å². The maximum Gasteiger partial charge on any atom is 0.203 e. The standard InChI is InChI=1S/C21H26O8.C3H6O2/c1-22-14-7-12(8-15(23-2)19(14)26-5)18-11-28-21(29-18)13-9-16(24-3)20(27-6)17(10-13)25-4;1-2-5-3-4-1/h7-10,18,21H,11H2,1-6H3;1-3H2/t18-,21+;/m1./s1. The van der Waals surface area contributed by atoms with Crippen LogP contribution in [0.5, 0.6) is 34.5 Å². The van der Waals surface area contributed by atoms with Crippen LogP contribution in [0, 0.1) is 0 Å². The largest absolute Gasteiger partial charge is 0.493 e. The Morgan fingerprint density at radius 1 is 0.618 bits per heavy atom. The molecule has 2 heterocycles. The molecule has 0 aliphatic carbocycles. The first-order chi connectivity index (χ1) is 16.6. The Morgan fingerprint density at radius 3 is 1.41 bits per heavy atom. The zero-order valence-corrected chi connectivity index (χ0v) is 20.4. The molecule has 34 heavy (non-hydrogen) atoms. The predicted octanol–water partition coefficient (Wildman–Crippen LogP) is 3.52. The maximum atomic E-state index is 6.15. The van der Waals surface area contributed by atoms with Crippen LogP contribution in [0.15, 0.2) is 24.3 Å². The second kappa shape index (κ2) is 12.5. The Hall–Kier alpha value is -2.92. The normalized spacial score (nSPS) is 19.1. The Morgan fingerprint density at radius 2 is 1.06 bits per heavy atom. The summed E-state index contributed by atoms with van der Waals surface area (Å²) >= 11 is 0. The number of rotatable bonds is 8. The molecule has 2 saturated heterocycles. The minimum Gasteiger partial charge on any atom is -0.493 e. The topological polar surface area (TPSA) is 92.3 Å². The molecule has 0 N–H and O–H groups in total. The molecular formula is C24H32O10. The van der Waals surface area contributed by atoms with Gasteiger partial charge in [0.1, 0.15) is 12.9 Å². The SMILES string of the molecule is C1COCO1.COc1cc([C@H]2OC[C@H](c3cc(OC)c(OC)c(OC)c3)O2)cc(OC)c1OC. The van der Waals surface area contributed by atoms with Crippen molar-refractivity contribution in [2.75, 3.05) is 69.3 Å². The van der Waals surface area contributed by atoms with Crippen molar-refractivity contribution in [3.63, 3.8) is 0 Å². The second-order valence-electron chi connectivity index (χ2n) is 7.14. The first-order valence-electron chi connectivity index (χ1n) is 10.6. The summed E-state index contributed by atoms with van der Waals surface area (Å²) in [4.78, 5) is 0. The molecule has 0 spiro atoms. The van der Waals surface area contributed by atoms with Crippen molar-refractivity contribution in [2.24, 2.45) is 0 Å². The molecule has 10 heteroatoms. The van der Waals surface area contributed by atoms with Crippen LogP contribution in [0.25, 0.3) is 0 Å². The Kier molecular flexibility index (Phi) is 9.46. The lowest BCUT2D eigenvalue weighted by atomic mass is 10.1. The van der Waals surface area contributed by atoms with Crippen LogP contribution in [0.1, 0.15) is 23.5 Å². The van der Waals surface area contributed by atoms with Gasteiger partial charge in [0.25, 0.3) is 0 Å². The monoisotopic (exact) mass is 480 g/mol. The van der Waals surface area contributed by atoms with Gasteiger partial charge in [-0.2, -0.15) is 0 Å². The van der Waals surface area contributed by atoms with Crippen LogP contribution < -0.4 is 28.4 Å². The van der Waals surface area contributed by atoms with Gasteiger partial charge in [0.2, 0.25) is 11.5 Å². The van der Waals surface area contributed by atoms with E-state index in [1.807, 2.05) is 24.3 Å². The van der Waals surface area contributed by atoms with Gasteiger partial charge in [0.15, 0.2) is 29.3 Å². The van der Waals surface area contributed by atoms with E-state index in [1.54, 1.807) is 42.7 Å². The van der Waals surface area contributed by atoms with Crippen LogP contribution in [0.2, 0.25) is 0 Å². The Bertz CT molecular complexity index is 801. The van der Waals surface area contributed by atoms with Crippen LogP contribution in [0.4, 0.5) is 0 Å². The van der Waals surface area contributed by atoms with E-state index in [1.165, 1.54) is 0 Å². The lowest BCUT2D eigenvalue weighted by Gasteiger charge is -2.18. The van der Waals surface area contributed by atoms with Crippen molar-refractivity contribution in [1.82, 2.24) is 0 Å². The first-order valence-corrected chi connectivity index (χ1v) is 10.6. The number of benzene rings is 2. The van der Waals surface area contributed by atoms with Gasteiger partial charge >= 0.3 is 0 Å². The number of methoxy groups -OCH3 is 6. The van der Waals surface area contributed by atoms with Gasteiger partial charge in [-0.05, 0) is 29.8 Å². The molecule has 10 nitrogen and oxygen atoms in total. The third-order valence-electron chi connectivity index (χ3n) is 5.24. The molecule has 0 saturated carbocycles. The molecule has 2 fully saturated rings. The van der Waals surface area contributed by atoms with Crippen molar-refractivity contribution in [3.8, 4) is 34.5 Å². The summed E-state index contributed by atoms with van der Waals surface area (Å²) < 4.78 is 53.9. The molecule has 0 bridgehead atoms. The lowest BCUT2D eigenvalue weighted by Crippen LogP contribution is -2.04.